The highest BCUT2D eigenvalue weighted by atomic mass is 32.2. The molecule has 1 amide bonds. The molecule has 5 nitrogen and oxygen atoms in total. The van der Waals surface area contributed by atoms with E-state index in [1.165, 1.54) is 10.6 Å². The van der Waals surface area contributed by atoms with E-state index in [1.807, 2.05) is 39.0 Å². The number of nitrogens with zero attached hydrogens (tertiary/aromatic N) is 1. The molecule has 0 radical (unpaired) electrons. The smallest absolute Gasteiger partial charge is 0.251 e. The van der Waals surface area contributed by atoms with Gasteiger partial charge in [-0.3, -0.25) is 9.10 Å². The SMILES string of the molecule is CC[C@@H](C)NC(=O)c1ccc(CN(c2cccc(C)c2)S(C)(=O)=O)cc1. The van der Waals surface area contributed by atoms with E-state index < -0.39 is 10.0 Å². The normalized spacial score (nSPS) is 12.5. The Morgan fingerprint density at radius 1 is 1.15 bits per heavy atom. The lowest BCUT2D eigenvalue weighted by atomic mass is 10.1. The Labute approximate surface area is 156 Å². The van der Waals surface area contributed by atoms with Gasteiger partial charge in [0.1, 0.15) is 0 Å². The zero-order chi connectivity index (χ0) is 19.3. The molecule has 1 atom stereocenters. The lowest BCUT2D eigenvalue weighted by Gasteiger charge is -2.23. The highest BCUT2D eigenvalue weighted by Crippen LogP contribution is 2.22. The number of carbonyl (C=O) groups is 1. The Bertz CT molecular complexity index is 861. The summed E-state index contributed by atoms with van der Waals surface area (Å²) in [6.07, 6.45) is 2.06. The van der Waals surface area contributed by atoms with Crippen LogP contribution >= 0.6 is 0 Å². The van der Waals surface area contributed by atoms with E-state index in [0.717, 1.165) is 17.5 Å². The Kier molecular flexibility index (Phi) is 6.42. The van der Waals surface area contributed by atoms with E-state index in [9.17, 15) is 13.2 Å². The van der Waals surface area contributed by atoms with Crippen molar-refractivity contribution in [2.45, 2.75) is 39.8 Å². The van der Waals surface area contributed by atoms with Crippen LogP contribution in [-0.4, -0.2) is 26.6 Å². The van der Waals surface area contributed by atoms with Gasteiger partial charge in [-0.1, -0.05) is 31.2 Å². The summed E-state index contributed by atoms with van der Waals surface area (Å²) in [6, 6.07) is 14.5. The average molecular weight is 375 g/mol. The zero-order valence-electron chi connectivity index (χ0n) is 15.7. The van der Waals surface area contributed by atoms with Gasteiger partial charge in [0.15, 0.2) is 0 Å². The van der Waals surface area contributed by atoms with Crippen LogP contribution in [-0.2, 0) is 16.6 Å². The molecule has 140 valence electrons. The highest BCUT2D eigenvalue weighted by Gasteiger charge is 2.18. The number of hydrogen-bond donors (Lipinski definition) is 1. The van der Waals surface area contributed by atoms with Crippen molar-refractivity contribution in [1.82, 2.24) is 5.32 Å². The molecule has 0 aromatic heterocycles. The van der Waals surface area contributed by atoms with E-state index in [4.69, 9.17) is 0 Å². The fourth-order valence-electron chi connectivity index (χ4n) is 2.52. The number of rotatable bonds is 7. The number of anilines is 1. The van der Waals surface area contributed by atoms with Crippen LogP contribution < -0.4 is 9.62 Å². The largest absolute Gasteiger partial charge is 0.350 e. The van der Waals surface area contributed by atoms with Crippen molar-refractivity contribution in [2.24, 2.45) is 0 Å². The zero-order valence-corrected chi connectivity index (χ0v) is 16.5. The molecule has 6 heteroatoms. The lowest BCUT2D eigenvalue weighted by molar-refractivity contribution is 0.0939. The molecular weight excluding hydrogens is 348 g/mol. The van der Waals surface area contributed by atoms with Gasteiger partial charge in [-0.15, -0.1) is 0 Å². The first-order chi connectivity index (χ1) is 12.2. The van der Waals surface area contributed by atoms with Crippen LogP contribution in [0.3, 0.4) is 0 Å². The van der Waals surface area contributed by atoms with E-state index in [-0.39, 0.29) is 18.5 Å². The van der Waals surface area contributed by atoms with Crippen LogP contribution in [0, 0.1) is 6.92 Å². The number of hydrogen-bond acceptors (Lipinski definition) is 3. The number of sulfonamides is 1. The summed E-state index contributed by atoms with van der Waals surface area (Å²) in [4.78, 5) is 12.1. The van der Waals surface area contributed by atoms with Crippen LogP contribution in [0.15, 0.2) is 48.5 Å². The fraction of sp³-hybridized carbons (Fsp3) is 0.350. The first kappa shape index (κ1) is 20.0. The molecule has 0 saturated heterocycles. The lowest BCUT2D eigenvalue weighted by Crippen LogP contribution is -2.32. The van der Waals surface area contributed by atoms with Gasteiger partial charge in [0, 0.05) is 11.6 Å². The molecule has 0 aliphatic carbocycles. The molecule has 2 aromatic rings. The number of amides is 1. The van der Waals surface area contributed by atoms with Gasteiger partial charge in [-0.25, -0.2) is 8.42 Å². The number of aryl methyl sites for hydroxylation is 1. The van der Waals surface area contributed by atoms with Gasteiger partial charge in [0.2, 0.25) is 10.0 Å². The topological polar surface area (TPSA) is 66.5 Å². The second kappa shape index (κ2) is 8.36. The second-order valence-corrected chi connectivity index (χ2v) is 8.50. The van der Waals surface area contributed by atoms with Crippen LogP contribution in [0.1, 0.15) is 41.8 Å². The predicted octanol–water partition coefficient (Wildman–Crippen LogP) is 3.49. The summed E-state index contributed by atoms with van der Waals surface area (Å²) < 4.78 is 25.8. The van der Waals surface area contributed by atoms with Gasteiger partial charge in [0.05, 0.1) is 18.5 Å². The average Bonchev–Trinajstić information content (AvgIpc) is 2.59. The third kappa shape index (κ3) is 5.33. The van der Waals surface area contributed by atoms with Crippen molar-refractivity contribution in [3.8, 4) is 0 Å². The summed E-state index contributed by atoms with van der Waals surface area (Å²) in [6.45, 7) is 6.11. The molecule has 0 unspecified atom stereocenters. The van der Waals surface area contributed by atoms with E-state index in [0.29, 0.717) is 11.3 Å². The summed E-state index contributed by atoms with van der Waals surface area (Å²) in [5.41, 5.74) is 3.01. The first-order valence-corrected chi connectivity index (χ1v) is 10.5. The van der Waals surface area contributed by atoms with Gasteiger partial charge < -0.3 is 5.32 Å². The van der Waals surface area contributed by atoms with E-state index in [2.05, 4.69) is 5.32 Å². The maximum Gasteiger partial charge on any atom is 0.251 e. The molecule has 0 heterocycles. The Morgan fingerprint density at radius 2 is 1.81 bits per heavy atom. The van der Waals surface area contributed by atoms with Crippen LogP contribution in [0.2, 0.25) is 0 Å². The van der Waals surface area contributed by atoms with Gasteiger partial charge in [0.25, 0.3) is 5.91 Å². The van der Waals surface area contributed by atoms with Crippen LogP contribution in [0.4, 0.5) is 5.69 Å². The molecule has 2 rings (SSSR count). The molecule has 2 aromatic carbocycles. The minimum Gasteiger partial charge on any atom is -0.350 e. The second-order valence-electron chi connectivity index (χ2n) is 6.59. The van der Waals surface area contributed by atoms with Crippen molar-refractivity contribution in [3.63, 3.8) is 0 Å². The summed E-state index contributed by atoms with van der Waals surface area (Å²) in [5.74, 6) is -0.121. The molecular formula is C20H26N2O3S. The third-order valence-electron chi connectivity index (χ3n) is 4.22. The van der Waals surface area contributed by atoms with Crippen molar-refractivity contribution in [1.29, 1.82) is 0 Å². The minimum absolute atomic E-state index is 0.115. The Morgan fingerprint density at radius 3 is 2.35 bits per heavy atom. The predicted molar refractivity (Wildman–Crippen MR) is 106 cm³/mol. The standard InChI is InChI=1S/C20H26N2O3S/c1-5-16(3)21-20(23)18-11-9-17(10-12-18)14-22(26(4,24)25)19-8-6-7-15(2)13-19/h6-13,16H,5,14H2,1-4H3,(H,21,23)/t16-/m1/s1. The maximum absolute atomic E-state index is 12.2. The monoisotopic (exact) mass is 374 g/mol. The molecule has 0 aliphatic heterocycles. The van der Waals surface area contributed by atoms with Crippen molar-refractivity contribution < 1.29 is 13.2 Å². The molecule has 26 heavy (non-hydrogen) atoms. The number of nitrogens with one attached hydrogen (secondary N) is 1. The minimum atomic E-state index is -3.42. The van der Waals surface area contributed by atoms with Crippen molar-refractivity contribution >= 4 is 21.6 Å². The Balaban J connectivity index is 2.21. The summed E-state index contributed by atoms with van der Waals surface area (Å²) in [7, 11) is -3.42. The van der Waals surface area contributed by atoms with E-state index >= 15 is 0 Å². The molecule has 0 bridgehead atoms. The van der Waals surface area contributed by atoms with Crippen LogP contribution in [0.5, 0.6) is 0 Å². The molecule has 0 spiro atoms. The number of benzene rings is 2. The first-order valence-electron chi connectivity index (χ1n) is 8.65. The molecule has 1 N–H and O–H groups in total. The van der Waals surface area contributed by atoms with E-state index in [1.54, 1.807) is 30.3 Å². The van der Waals surface area contributed by atoms with Crippen molar-refractivity contribution in [3.05, 3.63) is 65.2 Å². The Hall–Kier alpha value is -2.34. The van der Waals surface area contributed by atoms with Gasteiger partial charge in [-0.05, 0) is 55.7 Å². The number of carbonyl (C=O) groups excluding carboxylic acids is 1. The van der Waals surface area contributed by atoms with Crippen molar-refractivity contribution in [2.75, 3.05) is 10.6 Å². The van der Waals surface area contributed by atoms with Gasteiger partial charge >= 0.3 is 0 Å². The quantitative estimate of drug-likeness (QED) is 0.807. The molecule has 0 fully saturated rings. The highest BCUT2D eigenvalue weighted by molar-refractivity contribution is 7.92. The summed E-state index contributed by atoms with van der Waals surface area (Å²) in [5, 5.41) is 2.92. The van der Waals surface area contributed by atoms with Gasteiger partial charge in [-0.2, -0.15) is 0 Å². The third-order valence-corrected chi connectivity index (χ3v) is 5.36. The fourth-order valence-corrected chi connectivity index (χ4v) is 3.40. The summed E-state index contributed by atoms with van der Waals surface area (Å²) >= 11 is 0. The molecule has 0 aliphatic rings. The maximum atomic E-state index is 12.2. The van der Waals surface area contributed by atoms with Crippen LogP contribution in [0.25, 0.3) is 0 Å². The molecule has 0 saturated carbocycles.